The zero-order valence-corrected chi connectivity index (χ0v) is 17.2. The third-order valence-electron chi connectivity index (χ3n) is 5.40. The van der Waals surface area contributed by atoms with Gasteiger partial charge in [-0.25, -0.2) is 4.98 Å². The van der Waals surface area contributed by atoms with Crippen molar-refractivity contribution in [1.82, 2.24) is 9.97 Å². The fourth-order valence-electron chi connectivity index (χ4n) is 4.01. The van der Waals surface area contributed by atoms with E-state index in [-0.39, 0.29) is 0 Å². The lowest BCUT2D eigenvalue weighted by Gasteiger charge is -2.33. The minimum atomic E-state index is 0.768. The van der Waals surface area contributed by atoms with Crippen molar-refractivity contribution in [3.8, 4) is 0 Å². The van der Waals surface area contributed by atoms with Gasteiger partial charge >= 0.3 is 0 Å². The average Bonchev–Trinajstić information content (AvgIpc) is 2.69. The van der Waals surface area contributed by atoms with E-state index < -0.39 is 0 Å². The highest BCUT2D eigenvalue weighted by Crippen LogP contribution is 2.25. The van der Waals surface area contributed by atoms with Crippen LogP contribution in [0.5, 0.6) is 0 Å². The molecule has 0 atom stereocenters. The molecular formula is C23H34N4. The van der Waals surface area contributed by atoms with Gasteiger partial charge in [0.2, 0.25) is 5.95 Å². The van der Waals surface area contributed by atoms with Gasteiger partial charge in [-0.15, -0.1) is 0 Å². The maximum Gasteiger partial charge on any atom is 0.227 e. The predicted molar refractivity (Wildman–Crippen MR) is 115 cm³/mol. The van der Waals surface area contributed by atoms with Gasteiger partial charge < -0.3 is 9.80 Å². The smallest absolute Gasteiger partial charge is 0.227 e. The Morgan fingerprint density at radius 3 is 2.30 bits per heavy atom. The summed E-state index contributed by atoms with van der Waals surface area (Å²) < 4.78 is 0. The minimum absolute atomic E-state index is 0.768. The molecule has 2 aromatic rings. The first-order valence-electron chi connectivity index (χ1n) is 10.6. The topological polar surface area (TPSA) is 32.3 Å². The quantitative estimate of drug-likeness (QED) is 0.667. The standard InChI is InChI=1S/C23H34N4/c1-4-13-26(14-5-2)22-17-19(3)24-23(25-22)27-15-11-21(12-16-27)18-20-9-7-6-8-10-20/h6-10,17,21H,4-5,11-16,18H2,1-3H3. The highest BCUT2D eigenvalue weighted by molar-refractivity contribution is 5.46. The fourth-order valence-corrected chi connectivity index (χ4v) is 4.01. The van der Waals surface area contributed by atoms with Gasteiger partial charge in [0.1, 0.15) is 5.82 Å². The summed E-state index contributed by atoms with van der Waals surface area (Å²) in [5.41, 5.74) is 2.53. The summed E-state index contributed by atoms with van der Waals surface area (Å²) in [7, 11) is 0. The zero-order valence-electron chi connectivity index (χ0n) is 17.2. The Morgan fingerprint density at radius 2 is 1.67 bits per heavy atom. The normalized spacial score (nSPS) is 15.1. The minimum Gasteiger partial charge on any atom is -0.356 e. The molecule has 0 spiro atoms. The molecule has 4 heteroatoms. The van der Waals surface area contributed by atoms with Crippen LogP contribution in [0.3, 0.4) is 0 Å². The number of anilines is 2. The van der Waals surface area contributed by atoms with Gasteiger partial charge in [-0.2, -0.15) is 4.98 Å². The van der Waals surface area contributed by atoms with Crippen molar-refractivity contribution in [3.63, 3.8) is 0 Å². The molecule has 0 saturated carbocycles. The van der Waals surface area contributed by atoms with Gasteiger partial charge in [-0.05, 0) is 50.5 Å². The Kier molecular flexibility index (Phi) is 7.08. The van der Waals surface area contributed by atoms with E-state index in [0.29, 0.717) is 0 Å². The number of hydrogen-bond acceptors (Lipinski definition) is 4. The molecule has 27 heavy (non-hydrogen) atoms. The van der Waals surface area contributed by atoms with Crippen molar-refractivity contribution in [2.75, 3.05) is 36.0 Å². The predicted octanol–water partition coefficient (Wildman–Crippen LogP) is 4.87. The van der Waals surface area contributed by atoms with Gasteiger partial charge in [-0.1, -0.05) is 44.2 Å². The van der Waals surface area contributed by atoms with Crippen molar-refractivity contribution in [2.45, 2.75) is 52.9 Å². The molecule has 0 amide bonds. The van der Waals surface area contributed by atoms with Crippen LogP contribution in [-0.4, -0.2) is 36.1 Å². The van der Waals surface area contributed by atoms with E-state index in [4.69, 9.17) is 9.97 Å². The molecule has 146 valence electrons. The molecule has 1 aliphatic rings. The molecule has 1 aromatic heterocycles. The van der Waals surface area contributed by atoms with Crippen LogP contribution in [0.2, 0.25) is 0 Å². The van der Waals surface area contributed by atoms with Crippen molar-refractivity contribution >= 4 is 11.8 Å². The summed E-state index contributed by atoms with van der Waals surface area (Å²) in [5, 5.41) is 0. The fraction of sp³-hybridized carbons (Fsp3) is 0.565. The van der Waals surface area contributed by atoms with E-state index in [1.54, 1.807) is 0 Å². The molecule has 1 aromatic carbocycles. The second kappa shape index (κ2) is 9.72. The first-order valence-corrected chi connectivity index (χ1v) is 10.6. The molecule has 0 N–H and O–H groups in total. The maximum atomic E-state index is 4.94. The highest BCUT2D eigenvalue weighted by atomic mass is 15.3. The number of aryl methyl sites for hydroxylation is 1. The first kappa shape index (κ1) is 19.7. The molecule has 0 bridgehead atoms. The first-order chi connectivity index (χ1) is 13.2. The van der Waals surface area contributed by atoms with E-state index in [0.717, 1.165) is 62.4 Å². The van der Waals surface area contributed by atoms with Crippen LogP contribution >= 0.6 is 0 Å². The SMILES string of the molecule is CCCN(CCC)c1cc(C)nc(N2CCC(Cc3ccccc3)CC2)n1. The summed E-state index contributed by atoms with van der Waals surface area (Å²) in [6, 6.07) is 13.0. The van der Waals surface area contributed by atoms with Gasteiger partial charge in [0.15, 0.2) is 0 Å². The molecule has 2 heterocycles. The average molecular weight is 367 g/mol. The summed E-state index contributed by atoms with van der Waals surface area (Å²) >= 11 is 0. The molecule has 0 radical (unpaired) electrons. The van der Waals surface area contributed by atoms with Crippen molar-refractivity contribution in [2.24, 2.45) is 5.92 Å². The Bertz CT molecular complexity index is 687. The summed E-state index contributed by atoms with van der Waals surface area (Å²) in [6.45, 7) is 10.8. The third kappa shape index (κ3) is 5.44. The van der Waals surface area contributed by atoms with Crippen LogP contribution in [-0.2, 0) is 6.42 Å². The zero-order chi connectivity index (χ0) is 19.1. The molecule has 0 unspecified atom stereocenters. The lowest BCUT2D eigenvalue weighted by molar-refractivity contribution is 0.400. The number of nitrogens with zero attached hydrogens (tertiary/aromatic N) is 4. The number of hydrogen-bond donors (Lipinski definition) is 0. The monoisotopic (exact) mass is 366 g/mol. The lowest BCUT2D eigenvalue weighted by atomic mass is 9.90. The summed E-state index contributed by atoms with van der Waals surface area (Å²) in [4.78, 5) is 14.5. The van der Waals surface area contributed by atoms with Crippen LogP contribution in [0.25, 0.3) is 0 Å². The van der Waals surface area contributed by atoms with E-state index >= 15 is 0 Å². The Hall–Kier alpha value is -2.10. The van der Waals surface area contributed by atoms with Crippen molar-refractivity contribution < 1.29 is 0 Å². The molecular weight excluding hydrogens is 332 g/mol. The lowest BCUT2D eigenvalue weighted by Crippen LogP contribution is -2.36. The van der Waals surface area contributed by atoms with Crippen LogP contribution in [0.15, 0.2) is 36.4 Å². The van der Waals surface area contributed by atoms with Crippen LogP contribution in [0, 0.1) is 12.8 Å². The maximum absolute atomic E-state index is 4.94. The molecule has 1 fully saturated rings. The van der Waals surface area contributed by atoms with Crippen molar-refractivity contribution in [1.29, 1.82) is 0 Å². The van der Waals surface area contributed by atoms with Crippen LogP contribution < -0.4 is 9.80 Å². The second-order valence-electron chi connectivity index (χ2n) is 7.77. The van der Waals surface area contributed by atoms with E-state index in [1.165, 1.54) is 24.8 Å². The second-order valence-corrected chi connectivity index (χ2v) is 7.77. The van der Waals surface area contributed by atoms with Gasteiger partial charge in [0, 0.05) is 37.9 Å². The van der Waals surface area contributed by atoms with Gasteiger partial charge in [-0.3, -0.25) is 0 Å². The van der Waals surface area contributed by atoms with Gasteiger partial charge in [0.05, 0.1) is 0 Å². The molecule has 1 saturated heterocycles. The largest absolute Gasteiger partial charge is 0.356 e. The molecule has 3 rings (SSSR count). The molecule has 1 aliphatic heterocycles. The Morgan fingerprint density at radius 1 is 1.00 bits per heavy atom. The Labute approximate surface area is 164 Å². The van der Waals surface area contributed by atoms with Crippen LogP contribution in [0.1, 0.15) is 50.8 Å². The number of aromatic nitrogens is 2. The van der Waals surface area contributed by atoms with Crippen molar-refractivity contribution in [3.05, 3.63) is 47.7 Å². The summed E-state index contributed by atoms with van der Waals surface area (Å²) in [5.74, 6) is 2.78. The van der Waals surface area contributed by atoms with Gasteiger partial charge in [0.25, 0.3) is 0 Å². The third-order valence-corrected chi connectivity index (χ3v) is 5.40. The molecule has 0 aliphatic carbocycles. The van der Waals surface area contributed by atoms with E-state index in [1.807, 2.05) is 0 Å². The number of piperidine rings is 1. The number of benzene rings is 1. The van der Waals surface area contributed by atoms with E-state index in [2.05, 4.69) is 67.0 Å². The molecule has 4 nitrogen and oxygen atoms in total. The Balaban J connectivity index is 1.65. The van der Waals surface area contributed by atoms with E-state index in [9.17, 15) is 0 Å². The summed E-state index contributed by atoms with van der Waals surface area (Å²) in [6.07, 6.45) is 5.91. The van der Waals surface area contributed by atoms with Crippen LogP contribution in [0.4, 0.5) is 11.8 Å². The number of rotatable bonds is 8. The highest BCUT2D eigenvalue weighted by Gasteiger charge is 2.22.